The first-order valence-corrected chi connectivity index (χ1v) is 12.9. The van der Waals surface area contributed by atoms with Crippen LogP contribution in [0.1, 0.15) is 83.8 Å². The zero-order chi connectivity index (χ0) is 23.8. The Bertz CT molecular complexity index is 862. The maximum atomic E-state index is 6.23. The molecule has 1 fully saturated rings. The quantitative estimate of drug-likeness (QED) is 0.367. The van der Waals surface area contributed by atoms with Crippen molar-refractivity contribution in [3.8, 4) is 11.5 Å². The maximum Gasteiger partial charge on any atom is 0.120 e. The lowest BCUT2D eigenvalue weighted by Gasteiger charge is -2.35. The molecule has 2 aromatic rings. The molecule has 1 heterocycles. The summed E-state index contributed by atoms with van der Waals surface area (Å²) in [5.41, 5.74) is 4.58. The lowest BCUT2D eigenvalue weighted by Crippen LogP contribution is -2.36. The molecular weight excluding hydrogens is 406 g/mol. The van der Waals surface area contributed by atoms with Crippen molar-refractivity contribution in [2.75, 3.05) is 31.7 Å². The van der Waals surface area contributed by atoms with Crippen LogP contribution in [-0.4, -0.2) is 26.8 Å². The highest BCUT2D eigenvalue weighted by molar-refractivity contribution is 5.57. The molecule has 0 radical (unpaired) electrons. The number of methoxy groups -OCH3 is 1. The number of hydrogen-bond acceptors (Lipinski definition) is 3. The Labute approximate surface area is 202 Å². The molecule has 3 rings (SSSR count). The highest BCUT2D eigenvalue weighted by Gasteiger charge is 2.22. The van der Waals surface area contributed by atoms with Crippen LogP contribution < -0.4 is 14.4 Å². The minimum atomic E-state index is 0.388. The third-order valence-corrected chi connectivity index (χ3v) is 7.15. The van der Waals surface area contributed by atoms with Gasteiger partial charge in [-0.25, -0.2) is 0 Å². The molecule has 1 saturated heterocycles. The van der Waals surface area contributed by atoms with Crippen LogP contribution in [0.15, 0.2) is 42.5 Å². The van der Waals surface area contributed by atoms with E-state index in [0.29, 0.717) is 17.3 Å². The summed E-state index contributed by atoms with van der Waals surface area (Å²) in [6.07, 6.45) is 7.10. The van der Waals surface area contributed by atoms with Gasteiger partial charge in [0.15, 0.2) is 0 Å². The second-order valence-corrected chi connectivity index (χ2v) is 11.0. The van der Waals surface area contributed by atoms with Crippen LogP contribution in [0.3, 0.4) is 0 Å². The lowest BCUT2D eigenvalue weighted by molar-refractivity contribution is 0.222. The van der Waals surface area contributed by atoms with Gasteiger partial charge in [-0.3, -0.25) is 0 Å². The molecule has 0 aromatic heterocycles. The molecule has 3 nitrogen and oxygen atoms in total. The SMILES string of the molecule is CC[C@H](C)c1cccc(OCC2CCN(c3cc(OC)ccc3CCCC(C)(C)C)CC2)c1. The van der Waals surface area contributed by atoms with Gasteiger partial charge in [0.1, 0.15) is 11.5 Å². The van der Waals surface area contributed by atoms with Crippen LogP contribution in [0.4, 0.5) is 5.69 Å². The van der Waals surface area contributed by atoms with Gasteiger partial charge < -0.3 is 14.4 Å². The van der Waals surface area contributed by atoms with E-state index in [1.807, 2.05) is 0 Å². The Kier molecular flexibility index (Phi) is 9.11. The Hall–Kier alpha value is -2.16. The minimum absolute atomic E-state index is 0.388. The molecule has 2 aromatic carbocycles. The summed E-state index contributed by atoms with van der Waals surface area (Å²) < 4.78 is 11.8. The van der Waals surface area contributed by atoms with Gasteiger partial charge in [-0.15, -0.1) is 0 Å². The number of piperidine rings is 1. The first-order chi connectivity index (χ1) is 15.8. The van der Waals surface area contributed by atoms with Crippen LogP contribution in [0.25, 0.3) is 0 Å². The van der Waals surface area contributed by atoms with Gasteiger partial charge in [0, 0.05) is 24.8 Å². The molecule has 33 heavy (non-hydrogen) atoms. The van der Waals surface area contributed by atoms with Crippen LogP contribution in [0, 0.1) is 11.3 Å². The summed E-state index contributed by atoms with van der Waals surface area (Å²) in [4.78, 5) is 2.56. The monoisotopic (exact) mass is 451 g/mol. The first kappa shape index (κ1) is 25.5. The summed E-state index contributed by atoms with van der Waals surface area (Å²) in [5.74, 6) is 3.17. The van der Waals surface area contributed by atoms with Gasteiger partial charge >= 0.3 is 0 Å². The van der Waals surface area contributed by atoms with E-state index in [-0.39, 0.29) is 0 Å². The van der Waals surface area contributed by atoms with Crippen LogP contribution in [0.5, 0.6) is 11.5 Å². The lowest BCUT2D eigenvalue weighted by atomic mass is 9.88. The highest BCUT2D eigenvalue weighted by Crippen LogP contribution is 2.32. The Balaban J connectivity index is 1.56. The number of ether oxygens (including phenoxy) is 2. The molecular formula is C30H45NO2. The van der Waals surface area contributed by atoms with E-state index in [1.54, 1.807) is 7.11 Å². The van der Waals surface area contributed by atoms with Crippen molar-refractivity contribution < 1.29 is 9.47 Å². The third-order valence-electron chi connectivity index (χ3n) is 7.15. The topological polar surface area (TPSA) is 21.7 Å². The zero-order valence-corrected chi connectivity index (χ0v) is 21.8. The molecule has 1 aliphatic rings. The van der Waals surface area contributed by atoms with Crippen molar-refractivity contribution in [3.63, 3.8) is 0 Å². The van der Waals surface area contributed by atoms with Gasteiger partial charge in [0.2, 0.25) is 0 Å². The van der Waals surface area contributed by atoms with E-state index in [4.69, 9.17) is 9.47 Å². The van der Waals surface area contributed by atoms with E-state index in [9.17, 15) is 0 Å². The number of benzene rings is 2. The number of anilines is 1. The predicted molar refractivity (Wildman–Crippen MR) is 141 cm³/mol. The normalized spacial score (nSPS) is 16.0. The molecule has 0 bridgehead atoms. The van der Waals surface area contributed by atoms with Gasteiger partial charge in [-0.2, -0.15) is 0 Å². The molecule has 0 N–H and O–H groups in total. The first-order valence-electron chi connectivity index (χ1n) is 12.9. The summed E-state index contributed by atoms with van der Waals surface area (Å²) in [5, 5.41) is 0. The second kappa shape index (κ2) is 11.8. The fraction of sp³-hybridized carbons (Fsp3) is 0.600. The van der Waals surface area contributed by atoms with E-state index in [2.05, 4.69) is 82.0 Å². The molecule has 1 atom stereocenters. The molecule has 1 aliphatic heterocycles. The Morgan fingerprint density at radius 1 is 1.03 bits per heavy atom. The van der Waals surface area contributed by atoms with Gasteiger partial charge in [-0.05, 0) is 85.1 Å². The number of nitrogens with zero attached hydrogens (tertiary/aromatic N) is 1. The molecule has 182 valence electrons. The van der Waals surface area contributed by atoms with Gasteiger partial charge in [0.05, 0.1) is 13.7 Å². The highest BCUT2D eigenvalue weighted by atomic mass is 16.5. The van der Waals surface area contributed by atoms with Crippen molar-refractivity contribution in [3.05, 3.63) is 53.6 Å². The molecule has 0 amide bonds. The van der Waals surface area contributed by atoms with Crippen molar-refractivity contribution in [1.29, 1.82) is 0 Å². The molecule has 3 heteroatoms. The fourth-order valence-corrected chi connectivity index (χ4v) is 4.69. The van der Waals surface area contributed by atoms with E-state index >= 15 is 0 Å². The van der Waals surface area contributed by atoms with Crippen LogP contribution in [-0.2, 0) is 6.42 Å². The molecule has 0 spiro atoms. The van der Waals surface area contributed by atoms with Crippen LogP contribution in [0.2, 0.25) is 0 Å². The Morgan fingerprint density at radius 2 is 1.79 bits per heavy atom. The van der Waals surface area contributed by atoms with Crippen molar-refractivity contribution in [1.82, 2.24) is 0 Å². The van der Waals surface area contributed by atoms with Gasteiger partial charge in [-0.1, -0.05) is 52.8 Å². The zero-order valence-electron chi connectivity index (χ0n) is 21.8. The summed E-state index contributed by atoms with van der Waals surface area (Å²) in [6.45, 7) is 14.5. The second-order valence-electron chi connectivity index (χ2n) is 11.0. The standard InChI is InChI=1S/C30H45NO2/c1-7-23(2)26-10-8-12-28(20-26)33-22-24-15-18-31(19-16-24)29-21-27(32-6)14-13-25(29)11-9-17-30(3,4)5/h8,10,12-14,20-21,23-24H,7,9,11,15-19,22H2,1-6H3/t23-/m0/s1. The average molecular weight is 452 g/mol. The van der Waals surface area contributed by atoms with Gasteiger partial charge in [0.25, 0.3) is 0 Å². The fourth-order valence-electron chi connectivity index (χ4n) is 4.69. The molecule has 0 aliphatic carbocycles. The third kappa shape index (κ3) is 7.69. The molecule has 0 saturated carbocycles. The number of rotatable bonds is 10. The predicted octanol–water partition coefficient (Wildman–Crippen LogP) is 7.87. The summed E-state index contributed by atoms with van der Waals surface area (Å²) >= 11 is 0. The van der Waals surface area contributed by atoms with Crippen molar-refractivity contribution in [2.24, 2.45) is 11.3 Å². The van der Waals surface area contributed by atoms with Crippen LogP contribution >= 0.6 is 0 Å². The molecule has 0 unspecified atom stereocenters. The average Bonchev–Trinajstić information content (AvgIpc) is 2.82. The Morgan fingerprint density at radius 3 is 2.45 bits per heavy atom. The minimum Gasteiger partial charge on any atom is -0.497 e. The van der Waals surface area contributed by atoms with E-state index in [0.717, 1.165) is 44.0 Å². The number of aryl methyl sites for hydroxylation is 1. The largest absolute Gasteiger partial charge is 0.497 e. The summed E-state index contributed by atoms with van der Waals surface area (Å²) in [7, 11) is 1.76. The maximum absolute atomic E-state index is 6.23. The summed E-state index contributed by atoms with van der Waals surface area (Å²) in [6, 6.07) is 15.3. The van der Waals surface area contributed by atoms with E-state index < -0.39 is 0 Å². The van der Waals surface area contributed by atoms with E-state index in [1.165, 1.54) is 42.5 Å². The van der Waals surface area contributed by atoms with Crippen molar-refractivity contribution >= 4 is 5.69 Å². The smallest absolute Gasteiger partial charge is 0.120 e. The van der Waals surface area contributed by atoms with Crippen molar-refractivity contribution in [2.45, 2.75) is 79.1 Å². The number of hydrogen-bond donors (Lipinski definition) is 0.